The van der Waals surface area contributed by atoms with Crippen molar-refractivity contribution < 1.29 is 0 Å². The summed E-state index contributed by atoms with van der Waals surface area (Å²) >= 11 is 1.76. The van der Waals surface area contributed by atoms with Crippen LogP contribution in [0.4, 0.5) is 0 Å². The largest absolute Gasteiger partial charge is 0.315 e. The molecule has 88 valence electrons. The van der Waals surface area contributed by atoms with Crippen LogP contribution in [0.1, 0.15) is 16.1 Å². The highest BCUT2D eigenvalue weighted by Crippen LogP contribution is 2.34. The van der Waals surface area contributed by atoms with E-state index in [1.807, 2.05) is 6.20 Å². The minimum absolute atomic E-state index is 0.267. The van der Waals surface area contributed by atoms with Gasteiger partial charge in [0.1, 0.15) is 0 Å². The fourth-order valence-corrected chi connectivity index (χ4v) is 3.40. The lowest BCUT2D eigenvalue weighted by molar-refractivity contribution is 0.273. The Morgan fingerprint density at radius 2 is 2.18 bits per heavy atom. The number of benzene rings is 1. The van der Waals surface area contributed by atoms with Gasteiger partial charge in [0.2, 0.25) is 0 Å². The van der Waals surface area contributed by atoms with Crippen LogP contribution in [0, 0.1) is 6.92 Å². The molecule has 1 aromatic carbocycles. The van der Waals surface area contributed by atoms with Gasteiger partial charge in [0.05, 0.1) is 5.01 Å². The number of aromatic nitrogens is 1. The van der Waals surface area contributed by atoms with Gasteiger partial charge in [0.25, 0.3) is 0 Å². The number of thiazole rings is 1. The molecule has 0 spiro atoms. The van der Waals surface area contributed by atoms with E-state index in [0.717, 1.165) is 19.5 Å². The SMILES string of the molecule is Cc1ccccc1C1(Cc2nccs2)CNC1. The van der Waals surface area contributed by atoms with Crippen molar-refractivity contribution in [1.29, 1.82) is 0 Å². The molecule has 0 aliphatic carbocycles. The van der Waals surface area contributed by atoms with Crippen LogP contribution in [0.5, 0.6) is 0 Å². The molecule has 1 aliphatic heterocycles. The Hall–Kier alpha value is -1.19. The van der Waals surface area contributed by atoms with Crippen LogP contribution in [0.2, 0.25) is 0 Å². The zero-order valence-electron chi connectivity index (χ0n) is 9.94. The Bertz CT molecular complexity index is 501. The molecule has 3 heteroatoms. The van der Waals surface area contributed by atoms with Gasteiger partial charge in [-0.05, 0) is 18.1 Å². The average Bonchev–Trinajstić information content (AvgIpc) is 2.77. The molecule has 1 fully saturated rings. The third-order valence-electron chi connectivity index (χ3n) is 3.62. The molecule has 17 heavy (non-hydrogen) atoms. The summed E-state index contributed by atoms with van der Waals surface area (Å²) < 4.78 is 0. The summed E-state index contributed by atoms with van der Waals surface area (Å²) in [5.41, 5.74) is 3.14. The number of rotatable bonds is 3. The van der Waals surface area contributed by atoms with E-state index >= 15 is 0 Å². The van der Waals surface area contributed by atoms with Crippen LogP contribution in [0.15, 0.2) is 35.8 Å². The predicted molar refractivity (Wildman–Crippen MR) is 71.5 cm³/mol. The van der Waals surface area contributed by atoms with Crippen LogP contribution in [-0.4, -0.2) is 18.1 Å². The van der Waals surface area contributed by atoms with Gasteiger partial charge in [-0.3, -0.25) is 0 Å². The Labute approximate surface area is 106 Å². The van der Waals surface area contributed by atoms with E-state index in [1.165, 1.54) is 16.1 Å². The van der Waals surface area contributed by atoms with Crippen molar-refractivity contribution in [2.24, 2.45) is 0 Å². The molecule has 3 rings (SSSR count). The Morgan fingerprint density at radius 1 is 1.35 bits per heavy atom. The third-order valence-corrected chi connectivity index (χ3v) is 4.40. The van der Waals surface area contributed by atoms with E-state index in [2.05, 4.69) is 46.9 Å². The van der Waals surface area contributed by atoms with Gasteiger partial charge in [0.15, 0.2) is 0 Å². The van der Waals surface area contributed by atoms with Crippen LogP contribution in [0.3, 0.4) is 0 Å². The first-order valence-electron chi connectivity index (χ1n) is 5.95. The molecule has 0 bridgehead atoms. The first kappa shape index (κ1) is 10.9. The Balaban J connectivity index is 1.95. The summed E-state index contributed by atoms with van der Waals surface area (Å²) in [5.74, 6) is 0. The molecule has 1 aromatic heterocycles. The van der Waals surface area contributed by atoms with Crippen LogP contribution in [0.25, 0.3) is 0 Å². The zero-order chi connectivity index (χ0) is 11.7. The van der Waals surface area contributed by atoms with E-state index in [4.69, 9.17) is 0 Å². The quantitative estimate of drug-likeness (QED) is 0.897. The van der Waals surface area contributed by atoms with E-state index in [1.54, 1.807) is 11.3 Å². The molecule has 0 unspecified atom stereocenters. The molecular weight excluding hydrogens is 228 g/mol. The van der Waals surface area contributed by atoms with Crippen molar-refractivity contribution in [2.45, 2.75) is 18.8 Å². The molecule has 2 nitrogen and oxygen atoms in total. The van der Waals surface area contributed by atoms with Gasteiger partial charge in [-0.1, -0.05) is 24.3 Å². The summed E-state index contributed by atoms with van der Waals surface area (Å²) in [7, 11) is 0. The normalized spacial score (nSPS) is 17.7. The minimum atomic E-state index is 0.267. The second-order valence-electron chi connectivity index (χ2n) is 4.80. The smallest absolute Gasteiger partial charge is 0.0934 e. The van der Waals surface area contributed by atoms with E-state index in [-0.39, 0.29) is 5.41 Å². The van der Waals surface area contributed by atoms with Crippen molar-refractivity contribution in [3.8, 4) is 0 Å². The predicted octanol–water partition coefficient (Wildman–Crippen LogP) is 2.54. The molecule has 1 saturated heterocycles. The zero-order valence-corrected chi connectivity index (χ0v) is 10.8. The number of hydrogen-bond acceptors (Lipinski definition) is 3. The molecule has 0 amide bonds. The van der Waals surface area contributed by atoms with Crippen molar-refractivity contribution in [3.05, 3.63) is 52.0 Å². The lowest BCUT2D eigenvalue weighted by atomic mass is 9.71. The second kappa shape index (κ2) is 4.24. The fourth-order valence-electron chi connectivity index (χ4n) is 2.64. The topological polar surface area (TPSA) is 24.9 Å². The maximum absolute atomic E-state index is 4.43. The van der Waals surface area contributed by atoms with Crippen LogP contribution in [-0.2, 0) is 11.8 Å². The summed E-state index contributed by atoms with van der Waals surface area (Å²) in [6.07, 6.45) is 2.96. The fraction of sp³-hybridized carbons (Fsp3) is 0.357. The Morgan fingerprint density at radius 3 is 2.76 bits per heavy atom. The third kappa shape index (κ3) is 1.90. The number of nitrogens with one attached hydrogen (secondary N) is 1. The maximum Gasteiger partial charge on any atom is 0.0934 e. The molecule has 1 aliphatic rings. The first-order chi connectivity index (χ1) is 8.30. The summed E-state index contributed by atoms with van der Waals surface area (Å²) in [6.45, 7) is 4.34. The summed E-state index contributed by atoms with van der Waals surface area (Å²) in [5, 5.41) is 6.72. The maximum atomic E-state index is 4.43. The average molecular weight is 244 g/mol. The molecule has 2 heterocycles. The second-order valence-corrected chi connectivity index (χ2v) is 5.78. The lowest BCUT2D eigenvalue weighted by Crippen LogP contribution is -2.58. The van der Waals surface area contributed by atoms with E-state index in [0.29, 0.717) is 0 Å². The van der Waals surface area contributed by atoms with Crippen molar-refractivity contribution in [1.82, 2.24) is 10.3 Å². The minimum Gasteiger partial charge on any atom is -0.315 e. The highest BCUT2D eigenvalue weighted by atomic mass is 32.1. The molecule has 0 saturated carbocycles. The number of nitrogens with zero attached hydrogens (tertiary/aromatic N) is 1. The van der Waals surface area contributed by atoms with E-state index in [9.17, 15) is 0 Å². The highest BCUT2D eigenvalue weighted by molar-refractivity contribution is 7.09. The lowest BCUT2D eigenvalue weighted by Gasteiger charge is -2.43. The monoisotopic (exact) mass is 244 g/mol. The molecular formula is C14H16N2S. The molecule has 0 atom stereocenters. The van der Waals surface area contributed by atoms with Gasteiger partial charge in [-0.2, -0.15) is 0 Å². The van der Waals surface area contributed by atoms with Crippen LogP contribution >= 0.6 is 11.3 Å². The summed E-state index contributed by atoms with van der Waals surface area (Å²) in [6, 6.07) is 8.73. The molecule has 1 N–H and O–H groups in total. The van der Waals surface area contributed by atoms with Crippen LogP contribution < -0.4 is 5.32 Å². The van der Waals surface area contributed by atoms with Crippen molar-refractivity contribution >= 4 is 11.3 Å². The van der Waals surface area contributed by atoms with Gasteiger partial charge >= 0.3 is 0 Å². The van der Waals surface area contributed by atoms with Gasteiger partial charge in [-0.15, -0.1) is 11.3 Å². The Kier molecular flexibility index (Phi) is 2.73. The van der Waals surface area contributed by atoms with Crippen molar-refractivity contribution in [2.75, 3.05) is 13.1 Å². The van der Waals surface area contributed by atoms with E-state index < -0.39 is 0 Å². The number of hydrogen-bond donors (Lipinski definition) is 1. The summed E-state index contributed by atoms with van der Waals surface area (Å²) in [4.78, 5) is 4.43. The van der Waals surface area contributed by atoms with Gasteiger partial charge in [-0.25, -0.2) is 4.98 Å². The standard InChI is InChI=1S/C14H16N2S/c1-11-4-2-3-5-12(11)14(9-15-10-14)8-13-16-6-7-17-13/h2-7,15H,8-10H2,1H3. The van der Waals surface area contributed by atoms with Gasteiger partial charge < -0.3 is 5.32 Å². The first-order valence-corrected chi connectivity index (χ1v) is 6.83. The van der Waals surface area contributed by atoms with Crippen molar-refractivity contribution in [3.63, 3.8) is 0 Å². The highest BCUT2D eigenvalue weighted by Gasteiger charge is 2.40. The van der Waals surface area contributed by atoms with Gasteiger partial charge in [0, 0.05) is 36.5 Å². The molecule has 2 aromatic rings. The molecule has 0 radical (unpaired) electrons. The number of aryl methyl sites for hydroxylation is 1.